The molecule has 4 nitrogen and oxygen atoms in total. The first-order valence-corrected chi connectivity index (χ1v) is 9.45. The Hall–Kier alpha value is -2.15. The number of alkyl halides is 3. The molecule has 1 atom stereocenters. The maximum absolute atomic E-state index is 12.9. The maximum Gasteiger partial charge on any atom is 0.416 e. The van der Waals surface area contributed by atoms with Gasteiger partial charge in [-0.25, -0.2) is 9.97 Å². The van der Waals surface area contributed by atoms with E-state index in [2.05, 4.69) is 20.2 Å². The zero-order valence-electron chi connectivity index (χ0n) is 15.0. The molecule has 1 unspecified atom stereocenters. The van der Waals surface area contributed by atoms with Gasteiger partial charge in [0.2, 0.25) is 0 Å². The summed E-state index contributed by atoms with van der Waals surface area (Å²) >= 11 is 0. The lowest BCUT2D eigenvalue weighted by Gasteiger charge is -2.33. The predicted molar refractivity (Wildman–Crippen MR) is 97.4 cm³/mol. The van der Waals surface area contributed by atoms with Gasteiger partial charge in [0.05, 0.1) is 5.56 Å². The third kappa shape index (κ3) is 4.77. The van der Waals surface area contributed by atoms with Crippen LogP contribution < -0.4 is 5.32 Å². The van der Waals surface area contributed by atoms with E-state index >= 15 is 0 Å². The summed E-state index contributed by atoms with van der Waals surface area (Å²) in [5.41, 5.74) is 0.115. The number of benzene rings is 1. The Kier molecular flexibility index (Phi) is 5.04. The molecule has 27 heavy (non-hydrogen) atoms. The molecular formula is C20H23F3N4. The number of nitrogens with one attached hydrogen (secondary N) is 1. The number of anilines is 1. The third-order valence-corrected chi connectivity index (χ3v) is 5.13. The van der Waals surface area contributed by atoms with Crippen molar-refractivity contribution >= 4 is 5.82 Å². The largest absolute Gasteiger partial charge is 0.416 e. The highest BCUT2D eigenvalue weighted by Crippen LogP contribution is 2.38. The summed E-state index contributed by atoms with van der Waals surface area (Å²) in [4.78, 5) is 11.2. The lowest BCUT2D eigenvalue weighted by molar-refractivity contribution is -0.137. The minimum Gasteiger partial charge on any atom is -0.366 e. The molecule has 4 rings (SSSR count). The molecule has 2 heterocycles. The average molecular weight is 376 g/mol. The second-order valence-corrected chi connectivity index (χ2v) is 7.49. The van der Waals surface area contributed by atoms with E-state index in [-0.39, 0.29) is 6.04 Å². The highest BCUT2D eigenvalue weighted by molar-refractivity contribution is 5.35. The molecule has 1 N–H and O–H groups in total. The molecule has 7 heteroatoms. The van der Waals surface area contributed by atoms with E-state index in [1.165, 1.54) is 12.1 Å². The molecule has 0 amide bonds. The van der Waals surface area contributed by atoms with Crippen LogP contribution in [0.15, 0.2) is 36.5 Å². The van der Waals surface area contributed by atoms with Gasteiger partial charge in [-0.3, -0.25) is 4.90 Å². The van der Waals surface area contributed by atoms with E-state index in [4.69, 9.17) is 0 Å². The maximum atomic E-state index is 12.9. The minimum absolute atomic E-state index is 0.242. The molecule has 1 saturated carbocycles. The third-order valence-electron chi connectivity index (χ3n) is 5.13. The van der Waals surface area contributed by atoms with Crippen molar-refractivity contribution in [3.63, 3.8) is 0 Å². The minimum atomic E-state index is -4.30. The number of piperidine rings is 1. The highest BCUT2D eigenvalue weighted by atomic mass is 19.4. The zero-order valence-corrected chi connectivity index (χ0v) is 15.0. The number of halogens is 3. The molecule has 144 valence electrons. The van der Waals surface area contributed by atoms with Crippen LogP contribution in [0.25, 0.3) is 0 Å². The Labute approximate surface area is 156 Å². The molecule has 1 aliphatic heterocycles. The molecule has 1 aromatic heterocycles. The van der Waals surface area contributed by atoms with Crippen molar-refractivity contribution in [2.24, 2.45) is 0 Å². The van der Waals surface area contributed by atoms with E-state index in [0.29, 0.717) is 18.0 Å². The number of aromatic nitrogens is 2. The first kappa shape index (κ1) is 18.2. The first-order valence-electron chi connectivity index (χ1n) is 9.45. The van der Waals surface area contributed by atoms with Crippen molar-refractivity contribution in [2.45, 2.75) is 50.4 Å². The monoisotopic (exact) mass is 376 g/mol. The van der Waals surface area contributed by atoms with Gasteiger partial charge in [0.15, 0.2) is 0 Å². The summed E-state index contributed by atoms with van der Waals surface area (Å²) in [5.74, 6) is 2.27. The van der Waals surface area contributed by atoms with Crippen LogP contribution >= 0.6 is 0 Å². The average Bonchev–Trinajstić information content (AvgIpc) is 3.47. The van der Waals surface area contributed by atoms with E-state index in [0.717, 1.165) is 56.5 Å². The summed E-state index contributed by atoms with van der Waals surface area (Å²) in [5, 5.41) is 3.48. The van der Waals surface area contributed by atoms with Crippen LogP contribution in [-0.2, 0) is 12.7 Å². The van der Waals surface area contributed by atoms with Crippen molar-refractivity contribution in [3.05, 3.63) is 53.5 Å². The molecule has 2 aromatic rings. The summed E-state index contributed by atoms with van der Waals surface area (Å²) in [6.07, 6.45) is 1.87. The van der Waals surface area contributed by atoms with Gasteiger partial charge in [-0.1, -0.05) is 18.2 Å². The fourth-order valence-corrected chi connectivity index (χ4v) is 3.62. The van der Waals surface area contributed by atoms with Crippen LogP contribution in [-0.4, -0.2) is 34.0 Å². The van der Waals surface area contributed by atoms with E-state index in [1.54, 1.807) is 12.3 Å². The first-order chi connectivity index (χ1) is 13.0. The van der Waals surface area contributed by atoms with Gasteiger partial charge in [0.1, 0.15) is 11.6 Å². The molecule has 1 saturated heterocycles. The van der Waals surface area contributed by atoms with E-state index in [9.17, 15) is 13.2 Å². The van der Waals surface area contributed by atoms with Gasteiger partial charge in [0, 0.05) is 31.2 Å². The Balaban J connectivity index is 1.37. The summed E-state index contributed by atoms with van der Waals surface area (Å²) in [7, 11) is 0. The standard InChI is InChI=1S/C20H23F3N4/c21-20(22,23)16-4-1-3-14(11-16)12-27-10-2-5-17(13-27)25-18-8-9-24-19(26-18)15-6-7-15/h1,3-4,8-9,11,15,17H,2,5-7,10,12-13H2,(H,24,25,26). The highest BCUT2D eigenvalue weighted by Gasteiger charge is 2.31. The topological polar surface area (TPSA) is 41.0 Å². The second kappa shape index (κ2) is 7.46. The molecule has 0 radical (unpaired) electrons. The van der Waals surface area contributed by atoms with Crippen LogP contribution in [0.2, 0.25) is 0 Å². The second-order valence-electron chi connectivity index (χ2n) is 7.49. The molecule has 0 bridgehead atoms. The quantitative estimate of drug-likeness (QED) is 0.837. The Morgan fingerprint density at radius 1 is 1.15 bits per heavy atom. The molecule has 1 aliphatic carbocycles. The summed E-state index contributed by atoms with van der Waals surface area (Å²) < 4.78 is 38.7. The molecule has 2 aliphatic rings. The Morgan fingerprint density at radius 2 is 2.00 bits per heavy atom. The number of rotatable bonds is 5. The zero-order chi connectivity index (χ0) is 18.9. The number of likely N-dealkylation sites (tertiary alicyclic amines) is 1. The van der Waals surface area contributed by atoms with Crippen molar-refractivity contribution in [2.75, 3.05) is 18.4 Å². The van der Waals surface area contributed by atoms with Crippen molar-refractivity contribution in [3.8, 4) is 0 Å². The number of hydrogen-bond acceptors (Lipinski definition) is 4. The van der Waals surface area contributed by atoms with Gasteiger partial charge >= 0.3 is 6.18 Å². The van der Waals surface area contributed by atoms with Crippen LogP contribution in [0.4, 0.5) is 19.0 Å². The van der Waals surface area contributed by atoms with Gasteiger partial charge in [0.25, 0.3) is 0 Å². The predicted octanol–water partition coefficient (Wildman–Crippen LogP) is 4.45. The Morgan fingerprint density at radius 3 is 2.78 bits per heavy atom. The van der Waals surface area contributed by atoms with Gasteiger partial charge in [-0.2, -0.15) is 13.2 Å². The van der Waals surface area contributed by atoms with Crippen molar-refractivity contribution < 1.29 is 13.2 Å². The van der Waals surface area contributed by atoms with Gasteiger partial charge in [-0.05, 0) is 49.9 Å². The van der Waals surface area contributed by atoms with E-state index in [1.807, 2.05) is 6.07 Å². The molecular weight excluding hydrogens is 353 g/mol. The lowest BCUT2D eigenvalue weighted by atomic mass is 10.0. The summed E-state index contributed by atoms with van der Waals surface area (Å²) in [6.45, 7) is 2.21. The van der Waals surface area contributed by atoms with Crippen LogP contribution in [0, 0.1) is 0 Å². The normalized spacial score (nSPS) is 21.2. The SMILES string of the molecule is FC(F)(F)c1cccc(CN2CCCC(Nc3ccnc(C4CC4)n3)C2)c1. The van der Waals surface area contributed by atoms with Gasteiger partial charge in [-0.15, -0.1) is 0 Å². The van der Waals surface area contributed by atoms with Crippen LogP contribution in [0.1, 0.15) is 48.6 Å². The molecule has 2 fully saturated rings. The molecule has 1 aromatic carbocycles. The van der Waals surface area contributed by atoms with Crippen LogP contribution in [0.5, 0.6) is 0 Å². The van der Waals surface area contributed by atoms with Crippen molar-refractivity contribution in [1.82, 2.24) is 14.9 Å². The van der Waals surface area contributed by atoms with Crippen molar-refractivity contribution in [1.29, 1.82) is 0 Å². The van der Waals surface area contributed by atoms with Crippen LogP contribution in [0.3, 0.4) is 0 Å². The van der Waals surface area contributed by atoms with Gasteiger partial charge < -0.3 is 5.32 Å². The lowest BCUT2D eigenvalue weighted by Crippen LogP contribution is -2.41. The Bertz CT molecular complexity index is 789. The number of hydrogen-bond donors (Lipinski definition) is 1. The smallest absolute Gasteiger partial charge is 0.366 e. The fraction of sp³-hybridized carbons (Fsp3) is 0.500. The fourth-order valence-electron chi connectivity index (χ4n) is 3.62. The molecule has 0 spiro atoms. The number of nitrogens with zero attached hydrogens (tertiary/aromatic N) is 3. The van der Waals surface area contributed by atoms with E-state index < -0.39 is 11.7 Å². The summed E-state index contributed by atoms with van der Waals surface area (Å²) in [6, 6.07) is 7.75.